The van der Waals surface area contributed by atoms with Crippen molar-refractivity contribution in [2.45, 2.75) is 50.2 Å². The number of nitriles is 1. The number of nitrogens with one attached hydrogen (secondary N) is 1. The Kier molecular flexibility index (Phi) is 6.00. The molecule has 1 unspecified atom stereocenters. The van der Waals surface area contributed by atoms with Crippen LogP contribution in [0.25, 0.3) is 0 Å². The standard InChI is InChI=1S/C25H30N6O2/c1-16-13-20(32)23-21(16)24(29-15-28-23)30-9-11-31(12-10-30)25(33)22(19-3-2-8-27-19)18-6-4-17(14-26)5-7-18/h4-7,15-16,19-20,22,27,32H,2-3,8-13H2,1H3/t16-,19?,20-,22+/m1/s1. The molecule has 2 aliphatic heterocycles. The first kappa shape index (κ1) is 21.8. The third kappa shape index (κ3) is 4.07. The van der Waals surface area contributed by atoms with E-state index in [9.17, 15) is 9.90 Å². The molecule has 0 saturated carbocycles. The van der Waals surface area contributed by atoms with Gasteiger partial charge in [0, 0.05) is 37.8 Å². The molecule has 2 saturated heterocycles. The molecule has 2 N–H and O–H groups in total. The zero-order chi connectivity index (χ0) is 22.9. The molecule has 8 heteroatoms. The highest BCUT2D eigenvalue weighted by Crippen LogP contribution is 2.42. The maximum Gasteiger partial charge on any atom is 0.231 e. The van der Waals surface area contributed by atoms with Gasteiger partial charge < -0.3 is 20.2 Å². The summed E-state index contributed by atoms with van der Waals surface area (Å²) >= 11 is 0. The number of fused-ring (bicyclic) bond motifs is 1. The minimum Gasteiger partial charge on any atom is -0.387 e. The Morgan fingerprint density at radius 2 is 1.97 bits per heavy atom. The molecular formula is C25H30N6O2. The third-order valence-electron chi connectivity index (χ3n) is 7.34. The molecule has 1 amide bonds. The Morgan fingerprint density at radius 1 is 1.21 bits per heavy atom. The van der Waals surface area contributed by atoms with Crippen molar-refractivity contribution in [1.82, 2.24) is 20.2 Å². The number of carbonyl (C=O) groups is 1. The van der Waals surface area contributed by atoms with Crippen LogP contribution >= 0.6 is 0 Å². The van der Waals surface area contributed by atoms with Crippen molar-refractivity contribution in [1.29, 1.82) is 5.26 Å². The lowest BCUT2D eigenvalue weighted by molar-refractivity contribution is -0.133. The fourth-order valence-electron chi connectivity index (χ4n) is 5.60. The van der Waals surface area contributed by atoms with E-state index in [1.807, 2.05) is 17.0 Å². The Bertz CT molecular complexity index is 1050. The molecule has 1 aliphatic carbocycles. The van der Waals surface area contributed by atoms with Crippen LogP contribution in [0.3, 0.4) is 0 Å². The van der Waals surface area contributed by atoms with Gasteiger partial charge in [0.1, 0.15) is 12.1 Å². The minimum atomic E-state index is -0.522. The quantitative estimate of drug-likeness (QED) is 0.741. The number of nitrogens with zero attached hydrogens (tertiary/aromatic N) is 5. The molecule has 4 atom stereocenters. The number of hydrogen-bond acceptors (Lipinski definition) is 7. The normalized spacial score (nSPS) is 25.5. The summed E-state index contributed by atoms with van der Waals surface area (Å²) in [5.41, 5.74) is 3.38. The molecule has 3 heterocycles. The van der Waals surface area contributed by atoms with Crippen LogP contribution in [0.4, 0.5) is 5.82 Å². The van der Waals surface area contributed by atoms with E-state index in [1.54, 1.807) is 18.5 Å². The molecule has 1 aromatic carbocycles. The molecule has 33 heavy (non-hydrogen) atoms. The zero-order valence-corrected chi connectivity index (χ0v) is 18.9. The van der Waals surface area contributed by atoms with Crippen molar-refractivity contribution in [3.63, 3.8) is 0 Å². The largest absolute Gasteiger partial charge is 0.387 e. The molecule has 8 nitrogen and oxygen atoms in total. The first-order valence-corrected chi connectivity index (χ1v) is 11.9. The highest BCUT2D eigenvalue weighted by molar-refractivity contribution is 5.85. The molecular weight excluding hydrogens is 416 g/mol. The van der Waals surface area contributed by atoms with E-state index in [2.05, 4.69) is 33.2 Å². The number of piperazine rings is 1. The highest BCUT2D eigenvalue weighted by atomic mass is 16.3. The van der Waals surface area contributed by atoms with E-state index in [0.717, 1.165) is 42.0 Å². The predicted molar refractivity (Wildman–Crippen MR) is 124 cm³/mol. The van der Waals surface area contributed by atoms with Gasteiger partial charge >= 0.3 is 0 Å². The zero-order valence-electron chi connectivity index (χ0n) is 18.9. The number of rotatable bonds is 4. The van der Waals surface area contributed by atoms with Gasteiger partial charge in [-0.15, -0.1) is 0 Å². The second-order valence-electron chi connectivity index (χ2n) is 9.38. The number of benzene rings is 1. The van der Waals surface area contributed by atoms with E-state index in [0.29, 0.717) is 38.2 Å². The summed E-state index contributed by atoms with van der Waals surface area (Å²) in [7, 11) is 0. The van der Waals surface area contributed by atoms with Crippen molar-refractivity contribution in [2.75, 3.05) is 37.6 Å². The lowest BCUT2D eigenvalue weighted by Crippen LogP contribution is -2.52. The van der Waals surface area contributed by atoms with Gasteiger partial charge in [0.2, 0.25) is 5.91 Å². The maximum atomic E-state index is 13.7. The van der Waals surface area contributed by atoms with E-state index < -0.39 is 6.10 Å². The molecule has 0 bridgehead atoms. The van der Waals surface area contributed by atoms with Crippen molar-refractivity contribution in [3.05, 3.63) is 53.0 Å². The summed E-state index contributed by atoms with van der Waals surface area (Å²) < 4.78 is 0. The van der Waals surface area contributed by atoms with Crippen LogP contribution in [0, 0.1) is 11.3 Å². The molecule has 2 aromatic rings. The third-order valence-corrected chi connectivity index (χ3v) is 7.34. The summed E-state index contributed by atoms with van der Waals surface area (Å²) in [6.45, 7) is 5.72. The van der Waals surface area contributed by atoms with Gasteiger partial charge in [-0.1, -0.05) is 19.1 Å². The molecule has 5 rings (SSSR count). The SMILES string of the molecule is C[C@@H]1C[C@@H](O)c2ncnc(N3CCN(C(=O)[C@@H](c4ccc(C#N)cc4)C4CCCN4)CC3)c21. The Balaban J connectivity index is 1.32. The lowest BCUT2D eigenvalue weighted by atomic mass is 9.88. The van der Waals surface area contributed by atoms with Crippen molar-refractivity contribution in [2.24, 2.45) is 0 Å². The molecule has 0 radical (unpaired) electrons. The molecule has 1 aromatic heterocycles. The molecule has 172 valence electrons. The van der Waals surface area contributed by atoms with E-state index in [-0.39, 0.29) is 23.8 Å². The average Bonchev–Trinajstić information content (AvgIpc) is 3.48. The average molecular weight is 447 g/mol. The van der Waals surface area contributed by atoms with Crippen molar-refractivity contribution >= 4 is 11.7 Å². The second kappa shape index (κ2) is 9.08. The topological polar surface area (TPSA) is 105 Å². The Morgan fingerprint density at radius 3 is 2.64 bits per heavy atom. The predicted octanol–water partition coefficient (Wildman–Crippen LogP) is 2.07. The highest BCUT2D eigenvalue weighted by Gasteiger charge is 2.37. The number of amides is 1. The van der Waals surface area contributed by atoms with Gasteiger partial charge in [-0.05, 0) is 49.4 Å². The van der Waals surface area contributed by atoms with E-state index >= 15 is 0 Å². The first-order valence-electron chi connectivity index (χ1n) is 11.9. The van der Waals surface area contributed by atoms with Gasteiger partial charge in [-0.25, -0.2) is 9.97 Å². The van der Waals surface area contributed by atoms with Gasteiger partial charge in [0.15, 0.2) is 0 Å². The van der Waals surface area contributed by atoms with Crippen molar-refractivity contribution in [3.8, 4) is 6.07 Å². The van der Waals surface area contributed by atoms with Gasteiger partial charge in [0.25, 0.3) is 0 Å². The Labute approximate surface area is 194 Å². The summed E-state index contributed by atoms with van der Waals surface area (Å²) in [6, 6.07) is 9.73. The second-order valence-corrected chi connectivity index (χ2v) is 9.38. The first-order chi connectivity index (χ1) is 16.1. The number of anilines is 1. The van der Waals surface area contributed by atoms with Gasteiger partial charge in [-0.3, -0.25) is 4.79 Å². The van der Waals surface area contributed by atoms with Crippen LogP contribution in [-0.4, -0.2) is 64.6 Å². The van der Waals surface area contributed by atoms with Crippen molar-refractivity contribution < 1.29 is 9.90 Å². The van der Waals surface area contributed by atoms with Gasteiger partial charge in [-0.2, -0.15) is 5.26 Å². The summed E-state index contributed by atoms with van der Waals surface area (Å²) in [5.74, 6) is 1.03. The van der Waals surface area contributed by atoms with Crippen LogP contribution in [0.15, 0.2) is 30.6 Å². The summed E-state index contributed by atoms with van der Waals surface area (Å²) in [4.78, 5) is 26.8. The number of aromatic nitrogens is 2. The van der Waals surface area contributed by atoms with E-state index in [1.165, 1.54) is 0 Å². The maximum absolute atomic E-state index is 13.7. The van der Waals surface area contributed by atoms with Gasteiger partial charge in [0.05, 0.1) is 29.3 Å². The van der Waals surface area contributed by atoms with Crippen LogP contribution in [0.2, 0.25) is 0 Å². The molecule has 0 spiro atoms. The Hall–Kier alpha value is -3.02. The number of aliphatic hydroxyl groups is 1. The van der Waals surface area contributed by atoms with E-state index in [4.69, 9.17) is 5.26 Å². The fraction of sp³-hybridized carbons (Fsp3) is 0.520. The molecule has 2 fully saturated rings. The number of hydrogen-bond donors (Lipinski definition) is 2. The fourth-order valence-corrected chi connectivity index (χ4v) is 5.60. The lowest BCUT2D eigenvalue weighted by Gasteiger charge is -2.38. The monoisotopic (exact) mass is 446 g/mol. The summed E-state index contributed by atoms with van der Waals surface area (Å²) in [5, 5.41) is 23.0. The summed E-state index contributed by atoms with van der Waals surface area (Å²) in [6.07, 6.45) is 3.75. The smallest absolute Gasteiger partial charge is 0.231 e. The van der Waals surface area contributed by atoms with Crippen LogP contribution in [0.5, 0.6) is 0 Å². The van der Waals surface area contributed by atoms with Crippen LogP contribution < -0.4 is 10.2 Å². The van der Waals surface area contributed by atoms with Crippen LogP contribution in [-0.2, 0) is 4.79 Å². The number of aliphatic hydroxyl groups excluding tert-OH is 1. The molecule has 3 aliphatic rings. The minimum absolute atomic E-state index is 0.121. The van der Waals surface area contributed by atoms with Crippen LogP contribution in [0.1, 0.15) is 66.5 Å². The number of carbonyl (C=O) groups excluding carboxylic acids is 1.